The quantitative estimate of drug-likeness (QED) is 0.144. The molecule has 0 spiro atoms. The number of carbonyl (C=O) groups is 3. The number of carboxylic acids is 1. The van der Waals surface area contributed by atoms with Gasteiger partial charge in [0.25, 0.3) is 18.7 Å². The van der Waals surface area contributed by atoms with Crippen LogP contribution in [0.4, 0.5) is 15.3 Å². The summed E-state index contributed by atoms with van der Waals surface area (Å²) >= 11 is 2.10. The van der Waals surface area contributed by atoms with E-state index in [1.54, 1.807) is 0 Å². The van der Waals surface area contributed by atoms with Crippen LogP contribution in [0.25, 0.3) is 0 Å². The van der Waals surface area contributed by atoms with Gasteiger partial charge in [-0.15, -0.1) is 21.1 Å². The number of fused-ring (bicyclic) bond motifs is 2. The summed E-state index contributed by atoms with van der Waals surface area (Å²) in [7, 11) is 0. The van der Waals surface area contributed by atoms with Gasteiger partial charge in [-0.3, -0.25) is 14.5 Å². The smallest absolute Gasteiger partial charge is 0.278 e. The fraction of sp³-hybridized carbons (Fsp3) is 0.421. The number of nitrogen functional groups attached to an aromatic ring is 1. The van der Waals surface area contributed by atoms with Crippen LogP contribution in [0.5, 0.6) is 0 Å². The number of carboxylic acid groups (broad SMARTS) is 1. The average molecular weight is 538 g/mol. The summed E-state index contributed by atoms with van der Waals surface area (Å²) in [5.41, 5.74) is 5.39. The Kier molecular flexibility index (Phi) is 6.48. The molecule has 0 saturated carbocycles. The number of nitrogens with two attached hydrogens (primary N) is 1. The molecular formula is C19H20FN9O5S2. The molecule has 5 rings (SSSR count). The normalized spacial score (nSPS) is 21.3. The number of thioether (sulfide) groups is 1. The van der Waals surface area contributed by atoms with Gasteiger partial charge in [-0.2, -0.15) is 9.36 Å². The van der Waals surface area contributed by atoms with Crippen LogP contribution in [0.2, 0.25) is 0 Å². The second-order valence-electron chi connectivity index (χ2n) is 7.94. The fourth-order valence-corrected chi connectivity index (χ4v) is 6.02. The Balaban J connectivity index is 1.35. The summed E-state index contributed by atoms with van der Waals surface area (Å²) in [6.07, 6.45) is 2.78. The predicted molar refractivity (Wildman–Crippen MR) is 123 cm³/mol. The maximum Gasteiger partial charge on any atom is 0.278 e. The molecule has 1 saturated heterocycles. The minimum atomic E-state index is -1.47. The molecule has 2 amide bonds. The van der Waals surface area contributed by atoms with Crippen molar-refractivity contribution in [3.63, 3.8) is 0 Å². The first-order valence-electron chi connectivity index (χ1n) is 10.8. The number of hydrogen-bond donors (Lipinski definition) is 3. The number of hydrogen-bond acceptors (Lipinski definition) is 12. The topological polar surface area (TPSA) is 184 Å². The van der Waals surface area contributed by atoms with Crippen LogP contribution in [-0.4, -0.2) is 73.0 Å². The number of amides is 2. The van der Waals surface area contributed by atoms with Crippen molar-refractivity contribution < 1.29 is 33.4 Å². The lowest BCUT2D eigenvalue weighted by molar-refractivity contribution is -0.768. The van der Waals surface area contributed by atoms with Gasteiger partial charge in [-0.1, -0.05) is 5.16 Å². The van der Waals surface area contributed by atoms with E-state index < -0.39 is 41.8 Å². The Labute approximate surface area is 211 Å². The van der Waals surface area contributed by atoms with E-state index in [1.807, 2.05) is 21.6 Å². The van der Waals surface area contributed by atoms with Crippen LogP contribution >= 0.6 is 23.3 Å². The molecule has 2 atom stereocenters. The lowest BCUT2D eigenvalue weighted by Gasteiger charge is -2.50. The third kappa shape index (κ3) is 4.23. The molecule has 2 aromatic heterocycles. The zero-order chi connectivity index (χ0) is 25.4. The number of β-lactam (4-membered cyclic amide) rings is 1. The summed E-state index contributed by atoms with van der Waals surface area (Å²) in [5.74, 6) is -1.95. The van der Waals surface area contributed by atoms with E-state index in [2.05, 4.69) is 30.0 Å². The van der Waals surface area contributed by atoms with Gasteiger partial charge in [0.05, 0.1) is 24.3 Å². The Morgan fingerprint density at radius 1 is 1.47 bits per heavy atom. The Bertz CT molecular complexity index is 1290. The molecule has 1 fully saturated rings. The molecular weight excluding hydrogens is 517 g/mol. The lowest BCUT2D eigenvalue weighted by atomic mass is 10.0. The van der Waals surface area contributed by atoms with Crippen molar-refractivity contribution in [2.75, 3.05) is 30.2 Å². The SMILES string of the molecule is Nc1nc(C(=NOCF)C(=O)N[C@@H]2C(=O)N3C(C(=O)[O-])=C(C[n+]4ccc5n4CCCN5)CS[C@H]23)ns1. The second-order valence-corrected chi connectivity index (χ2v) is 9.83. The van der Waals surface area contributed by atoms with Crippen molar-refractivity contribution in [3.8, 4) is 0 Å². The van der Waals surface area contributed by atoms with Gasteiger partial charge >= 0.3 is 0 Å². The fourth-order valence-electron chi connectivity index (χ4n) is 4.25. The number of halogens is 1. The van der Waals surface area contributed by atoms with E-state index in [4.69, 9.17) is 5.73 Å². The highest BCUT2D eigenvalue weighted by Gasteiger charge is 2.53. The number of oxime groups is 1. The van der Waals surface area contributed by atoms with Crippen LogP contribution in [0.1, 0.15) is 12.2 Å². The maximum atomic E-state index is 13.0. The summed E-state index contributed by atoms with van der Waals surface area (Å²) < 4.78 is 20.3. The predicted octanol–water partition coefficient (Wildman–Crippen LogP) is -2.22. The highest BCUT2D eigenvalue weighted by molar-refractivity contribution is 8.00. The standard InChI is InChI=1S/C19H20FN9O5S2/c20-8-34-25-11(14-24-19(21)36-26-14)15(30)23-12-16(31)29-13(18(32)33)9(7-35-17(12)29)6-27-5-2-10-22-3-1-4-28(10)27/h2,5,12,17H,1,3-4,6-8H2,(H4,21,23,24,26,30,32,33)/t12-,17-/m1/s1. The first-order chi connectivity index (χ1) is 17.4. The number of rotatable bonds is 8. The van der Waals surface area contributed by atoms with Crippen LogP contribution in [0.15, 0.2) is 28.7 Å². The minimum Gasteiger partial charge on any atom is -0.543 e. The van der Waals surface area contributed by atoms with Gasteiger partial charge in [0.2, 0.25) is 11.5 Å². The first kappa shape index (κ1) is 24.0. The van der Waals surface area contributed by atoms with E-state index in [-0.39, 0.29) is 23.2 Å². The summed E-state index contributed by atoms with van der Waals surface area (Å²) in [4.78, 5) is 47.2. The molecule has 0 aliphatic carbocycles. The minimum absolute atomic E-state index is 0.0497. The van der Waals surface area contributed by atoms with Gasteiger partial charge in [0, 0.05) is 29.4 Å². The van der Waals surface area contributed by atoms with Gasteiger partial charge in [0.15, 0.2) is 23.7 Å². The van der Waals surface area contributed by atoms with Gasteiger partial charge in [-0.25, -0.2) is 4.39 Å². The van der Waals surface area contributed by atoms with Crippen LogP contribution in [0.3, 0.4) is 0 Å². The van der Waals surface area contributed by atoms with E-state index >= 15 is 0 Å². The first-order valence-corrected chi connectivity index (χ1v) is 12.6. The van der Waals surface area contributed by atoms with Crippen molar-refractivity contribution in [1.82, 2.24) is 24.3 Å². The largest absolute Gasteiger partial charge is 0.543 e. The van der Waals surface area contributed by atoms with Crippen molar-refractivity contribution in [1.29, 1.82) is 0 Å². The molecule has 3 aliphatic rings. The summed E-state index contributed by atoms with van der Waals surface area (Å²) in [6, 6.07) is 0.858. The number of nitrogens with zero attached hydrogens (tertiary/aromatic N) is 6. The third-order valence-electron chi connectivity index (χ3n) is 5.80. The van der Waals surface area contributed by atoms with Crippen molar-refractivity contribution in [2.45, 2.75) is 30.9 Å². The Morgan fingerprint density at radius 3 is 3.03 bits per heavy atom. The number of aliphatic carboxylic acids is 1. The molecule has 14 nitrogen and oxygen atoms in total. The molecule has 4 N–H and O–H groups in total. The Morgan fingerprint density at radius 2 is 2.31 bits per heavy atom. The molecule has 3 aliphatic heterocycles. The van der Waals surface area contributed by atoms with Crippen LogP contribution in [-0.2, 0) is 32.3 Å². The highest BCUT2D eigenvalue weighted by atomic mass is 32.2. The second kappa shape index (κ2) is 9.73. The lowest BCUT2D eigenvalue weighted by Crippen LogP contribution is -2.71. The summed E-state index contributed by atoms with van der Waals surface area (Å²) in [5, 5.41) is 20.6. The molecule has 0 unspecified atom stereocenters. The van der Waals surface area contributed by atoms with Gasteiger partial charge in [0.1, 0.15) is 11.4 Å². The average Bonchev–Trinajstić information content (AvgIpc) is 3.48. The number of nitrogens with one attached hydrogen (secondary N) is 2. The number of alkyl halides is 1. The molecule has 36 heavy (non-hydrogen) atoms. The molecule has 0 radical (unpaired) electrons. The van der Waals surface area contributed by atoms with Crippen molar-refractivity contribution in [2.24, 2.45) is 5.16 Å². The van der Waals surface area contributed by atoms with E-state index in [9.17, 15) is 23.9 Å². The van der Waals surface area contributed by atoms with Crippen molar-refractivity contribution >= 4 is 57.7 Å². The molecule has 2 aromatic rings. The highest BCUT2D eigenvalue weighted by Crippen LogP contribution is 2.40. The molecule has 0 aromatic carbocycles. The van der Waals surface area contributed by atoms with E-state index in [0.29, 0.717) is 11.3 Å². The van der Waals surface area contributed by atoms with E-state index in [0.717, 1.165) is 41.8 Å². The molecule has 190 valence electrons. The van der Waals surface area contributed by atoms with Crippen molar-refractivity contribution in [3.05, 3.63) is 29.4 Å². The molecule has 17 heteroatoms. The Hall–Kier alpha value is -3.73. The van der Waals surface area contributed by atoms with Gasteiger partial charge in [-0.05, 0) is 6.42 Å². The molecule has 0 bridgehead atoms. The zero-order valence-electron chi connectivity index (χ0n) is 18.5. The number of anilines is 2. The van der Waals surface area contributed by atoms with Crippen LogP contribution < -0.4 is 26.2 Å². The van der Waals surface area contributed by atoms with Gasteiger partial charge < -0.3 is 31.1 Å². The zero-order valence-corrected chi connectivity index (χ0v) is 20.2. The van der Waals surface area contributed by atoms with Crippen LogP contribution in [0, 0.1) is 0 Å². The number of aromatic nitrogens is 4. The maximum absolute atomic E-state index is 13.0. The van der Waals surface area contributed by atoms with E-state index in [1.165, 1.54) is 11.8 Å². The number of carbonyl (C=O) groups excluding carboxylic acids is 3. The third-order valence-corrected chi connectivity index (χ3v) is 7.68. The monoisotopic (exact) mass is 537 g/mol. The molecule has 5 heterocycles. The summed E-state index contributed by atoms with van der Waals surface area (Å²) in [6.45, 7) is 0.611.